The summed E-state index contributed by atoms with van der Waals surface area (Å²) in [5.41, 5.74) is 1.14. The first kappa shape index (κ1) is 22.5. The fourth-order valence-electron chi connectivity index (χ4n) is 3.45. The number of nitrogens with one attached hydrogen (secondary N) is 1. The van der Waals surface area contributed by atoms with Gasteiger partial charge in [-0.25, -0.2) is 0 Å². The Labute approximate surface area is 192 Å². The van der Waals surface area contributed by atoms with Gasteiger partial charge < -0.3 is 10.2 Å². The van der Waals surface area contributed by atoms with E-state index in [0.717, 1.165) is 23.8 Å². The van der Waals surface area contributed by atoms with Gasteiger partial charge in [0.1, 0.15) is 6.54 Å². The van der Waals surface area contributed by atoms with Gasteiger partial charge in [0.15, 0.2) is 0 Å². The highest BCUT2D eigenvalue weighted by atomic mass is 35.5. The molecule has 1 aliphatic rings. The van der Waals surface area contributed by atoms with Crippen molar-refractivity contribution in [2.24, 2.45) is 4.99 Å². The predicted molar refractivity (Wildman–Crippen MR) is 121 cm³/mol. The van der Waals surface area contributed by atoms with E-state index in [1.165, 1.54) is 4.90 Å². The van der Waals surface area contributed by atoms with Crippen molar-refractivity contribution in [1.82, 2.24) is 0 Å². The molecule has 0 unspecified atom stereocenters. The lowest BCUT2D eigenvalue weighted by atomic mass is 10.1. The highest BCUT2D eigenvalue weighted by molar-refractivity contribution is 6.33. The van der Waals surface area contributed by atoms with Crippen molar-refractivity contribution in [3.63, 3.8) is 0 Å². The predicted octanol–water partition coefficient (Wildman–Crippen LogP) is 5.86. The van der Waals surface area contributed by atoms with Crippen LogP contribution in [0.5, 0.6) is 0 Å². The second-order valence-corrected chi connectivity index (χ2v) is 7.72. The Morgan fingerprint density at radius 3 is 2.45 bits per heavy atom. The second kappa shape index (κ2) is 9.07. The molecule has 3 aromatic rings. The van der Waals surface area contributed by atoms with Crippen molar-refractivity contribution in [2.45, 2.75) is 12.6 Å². The van der Waals surface area contributed by atoms with Crippen LogP contribution in [-0.4, -0.2) is 24.1 Å². The third-order valence-electron chi connectivity index (χ3n) is 5.02. The van der Waals surface area contributed by atoms with Crippen LogP contribution in [-0.2, 0) is 15.8 Å². The summed E-state index contributed by atoms with van der Waals surface area (Å²) in [7, 11) is 0. The lowest BCUT2D eigenvalue weighted by Crippen LogP contribution is -2.38. The Balaban J connectivity index is 1.60. The lowest BCUT2D eigenvalue weighted by Gasteiger charge is -2.22. The number of fused-ring (bicyclic) bond motifs is 1. The molecule has 0 spiro atoms. The number of amides is 2. The topological polar surface area (TPSA) is 61.8 Å². The number of rotatable bonds is 4. The van der Waals surface area contributed by atoms with Gasteiger partial charge in [-0.05, 0) is 35.9 Å². The maximum Gasteiger partial charge on any atom is 0.416 e. The first-order valence-electron chi connectivity index (χ1n) is 9.91. The maximum atomic E-state index is 13.1. The van der Waals surface area contributed by atoms with Crippen LogP contribution >= 0.6 is 11.6 Å². The Hall–Kier alpha value is -3.65. The Morgan fingerprint density at radius 1 is 1.03 bits per heavy atom. The third kappa shape index (κ3) is 5.06. The highest BCUT2D eigenvalue weighted by Gasteiger charge is 2.31. The molecule has 1 N–H and O–H groups in total. The monoisotopic (exact) mass is 471 g/mol. The Morgan fingerprint density at radius 2 is 1.73 bits per heavy atom. The van der Waals surface area contributed by atoms with Crippen molar-refractivity contribution in [3.05, 3.63) is 88.9 Å². The van der Waals surface area contributed by atoms with Gasteiger partial charge in [0, 0.05) is 0 Å². The minimum Gasteiger partial charge on any atom is -0.323 e. The summed E-state index contributed by atoms with van der Waals surface area (Å²) in [5, 5.41) is 2.33. The number of hydrogen-bond acceptors (Lipinski definition) is 3. The molecule has 0 saturated carbocycles. The van der Waals surface area contributed by atoms with E-state index in [2.05, 4.69) is 10.3 Å². The molecule has 3 aromatic carbocycles. The van der Waals surface area contributed by atoms with Crippen molar-refractivity contribution in [2.75, 3.05) is 16.8 Å². The number of nitrogens with zero attached hydrogens (tertiary/aromatic N) is 2. The molecule has 0 fully saturated rings. The molecule has 0 atom stereocenters. The van der Waals surface area contributed by atoms with E-state index in [-0.39, 0.29) is 23.0 Å². The van der Waals surface area contributed by atoms with Gasteiger partial charge in [0.25, 0.3) is 0 Å². The van der Waals surface area contributed by atoms with Gasteiger partial charge in [-0.1, -0.05) is 54.1 Å². The molecule has 0 bridgehead atoms. The van der Waals surface area contributed by atoms with E-state index < -0.39 is 24.2 Å². The second-order valence-electron chi connectivity index (χ2n) is 7.31. The molecule has 0 aromatic heterocycles. The Bertz CT molecular complexity index is 1240. The van der Waals surface area contributed by atoms with Gasteiger partial charge in [0.05, 0.1) is 39.8 Å². The number of carbonyl (C=O) groups excluding carboxylic acids is 2. The Kier molecular flexibility index (Phi) is 6.20. The SMILES string of the molecule is O=C(CN1C(=O)CC(c2ccccc2)=Nc2ccccc21)Nc1cc(C(F)(F)F)ccc1Cl. The van der Waals surface area contributed by atoms with Gasteiger partial charge in [-0.3, -0.25) is 14.6 Å². The number of carbonyl (C=O) groups is 2. The van der Waals surface area contributed by atoms with E-state index in [1.807, 2.05) is 30.3 Å². The van der Waals surface area contributed by atoms with Crippen molar-refractivity contribution < 1.29 is 22.8 Å². The van der Waals surface area contributed by atoms with Crippen LogP contribution in [0.4, 0.5) is 30.2 Å². The van der Waals surface area contributed by atoms with Gasteiger partial charge in [0.2, 0.25) is 11.8 Å². The molecule has 2 amide bonds. The van der Waals surface area contributed by atoms with Gasteiger partial charge >= 0.3 is 6.18 Å². The van der Waals surface area contributed by atoms with Crippen LogP contribution in [0.25, 0.3) is 0 Å². The summed E-state index contributed by atoms with van der Waals surface area (Å²) >= 11 is 5.97. The lowest BCUT2D eigenvalue weighted by molar-refractivity contribution is -0.137. The van der Waals surface area contributed by atoms with E-state index in [0.29, 0.717) is 17.1 Å². The third-order valence-corrected chi connectivity index (χ3v) is 5.35. The van der Waals surface area contributed by atoms with Crippen molar-refractivity contribution in [1.29, 1.82) is 0 Å². The zero-order chi connectivity index (χ0) is 23.6. The van der Waals surface area contributed by atoms with E-state index >= 15 is 0 Å². The van der Waals surface area contributed by atoms with Crippen LogP contribution in [0, 0.1) is 0 Å². The molecule has 5 nitrogen and oxygen atoms in total. The van der Waals surface area contributed by atoms with Crippen molar-refractivity contribution >= 4 is 46.2 Å². The van der Waals surface area contributed by atoms with E-state index in [1.54, 1.807) is 24.3 Å². The number of anilines is 2. The van der Waals surface area contributed by atoms with Crippen LogP contribution in [0.15, 0.2) is 77.8 Å². The molecule has 168 valence electrons. The van der Waals surface area contributed by atoms with E-state index in [4.69, 9.17) is 11.6 Å². The number of halogens is 4. The minimum atomic E-state index is -4.59. The first-order valence-corrected chi connectivity index (χ1v) is 10.3. The van der Waals surface area contributed by atoms with Crippen LogP contribution in [0.1, 0.15) is 17.5 Å². The first-order chi connectivity index (χ1) is 15.7. The smallest absolute Gasteiger partial charge is 0.323 e. The zero-order valence-corrected chi connectivity index (χ0v) is 17.8. The molecular formula is C24H17ClF3N3O2. The molecule has 0 radical (unpaired) electrons. The average molecular weight is 472 g/mol. The normalized spacial score (nSPS) is 13.8. The molecule has 9 heteroatoms. The fourth-order valence-corrected chi connectivity index (χ4v) is 3.61. The van der Waals surface area contributed by atoms with Crippen LogP contribution < -0.4 is 10.2 Å². The quantitative estimate of drug-likeness (QED) is 0.518. The summed E-state index contributed by atoms with van der Waals surface area (Å²) in [5.74, 6) is -1.06. The summed E-state index contributed by atoms with van der Waals surface area (Å²) in [6.45, 7) is -0.417. The zero-order valence-electron chi connectivity index (χ0n) is 17.1. The molecule has 0 aliphatic carbocycles. The van der Waals surface area contributed by atoms with Crippen LogP contribution in [0.2, 0.25) is 5.02 Å². The molecular weight excluding hydrogens is 455 g/mol. The molecule has 1 aliphatic heterocycles. The standard InChI is InChI=1S/C24H17ClF3N3O2/c25-17-11-10-16(24(26,27)28)12-20(17)30-22(32)14-31-21-9-5-4-8-18(21)29-19(13-23(31)33)15-6-2-1-3-7-15/h1-12H,13-14H2,(H,30,32). The van der Waals surface area contributed by atoms with Gasteiger partial charge in [-0.2, -0.15) is 13.2 Å². The van der Waals surface area contributed by atoms with Gasteiger partial charge in [-0.15, -0.1) is 0 Å². The maximum absolute atomic E-state index is 13.1. The van der Waals surface area contributed by atoms with E-state index in [9.17, 15) is 22.8 Å². The average Bonchev–Trinajstić information content (AvgIpc) is 2.92. The number of benzene rings is 3. The largest absolute Gasteiger partial charge is 0.416 e. The number of hydrogen-bond donors (Lipinski definition) is 1. The summed E-state index contributed by atoms with van der Waals surface area (Å²) in [4.78, 5) is 31.7. The van der Waals surface area contributed by atoms with Crippen molar-refractivity contribution in [3.8, 4) is 0 Å². The number of aliphatic imine (C=N–C) groups is 1. The summed E-state index contributed by atoms with van der Waals surface area (Å²) in [6, 6.07) is 18.7. The number of alkyl halides is 3. The highest BCUT2D eigenvalue weighted by Crippen LogP contribution is 2.35. The molecule has 0 saturated heterocycles. The molecule has 1 heterocycles. The summed E-state index contributed by atoms with van der Waals surface area (Å²) < 4.78 is 39.1. The summed E-state index contributed by atoms with van der Waals surface area (Å²) in [6.07, 6.45) is -4.63. The van der Waals surface area contributed by atoms with Crippen LogP contribution in [0.3, 0.4) is 0 Å². The number of para-hydroxylation sites is 2. The minimum absolute atomic E-state index is 0.0453. The molecule has 4 rings (SSSR count). The molecule has 33 heavy (non-hydrogen) atoms. The fraction of sp³-hybridized carbons (Fsp3) is 0.125.